The van der Waals surface area contributed by atoms with Gasteiger partial charge in [0.15, 0.2) is 0 Å². The smallest absolute Gasteiger partial charge is 0.387 e. The zero-order valence-corrected chi connectivity index (χ0v) is 12.6. The first-order valence-electron chi connectivity index (χ1n) is 7.25. The van der Waals surface area contributed by atoms with Crippen LogP contribution in [0, 0.1) is 0 Å². The standard InChI is InChI=1S/C15H21F2N3O2/c1-19(14(21)11-20-8-6-18-7-9-20)10-12-2-4-13(5-3-12)22-15(16)17/h2-5,15,18H,6-11H2,1H3. The topological polar surface area (TPSA) is 44.8 Å². The number of ether oxygens (including phenoxy) is 1. The van der Waals surface area contributed by atoms with Crippen LogP contribution in [0.2, 0.25) is 0 Å². The molecule has 2 rings (SSSR count). The summed E-state index contributed by atoms with van der Waals surface area (Å²) in [6.07, 6.45) is 0. The van der Waals surface area contributed by atoms with E-state index in [0.717, 1.165) is 31.7 Å². The van der Waals surface area contributed by atoms with E-state index in [0.29, 0.717) is 13.1 Å². The van der Waals surface area contributed by atoms with E-state index in [-0.39, 0.29) is 11.7 Å². The average Bonchev–Trinajstić information content (AvgIpc) is 2.49. The summed E-state index contributed by atoms with van der Waals surface area (Å²) in [5.41, 5.74) is 0.873. The van der Waals surface area contributed by atoms with Crippen molar-refractivity contribution in [2.24, 2.45) is 0 Å². The Morgan fingerprint density at radius 3 is 2.55 bits per heavy atom. The van der Waals surface area contributed by atoms with Crippen molar-refractivity contribution >= 4 is 5.91 Å². The lowest BCUT2D eigenvalue weighted by atomic mass is 10.2. The Labute approximate surface area is 128 Å². The maximum atomic E-state index is 12.2. The SMILES string of the molecule is CN(Cc1ccc(OC(F)F)cc1)C(=O)CN1CCNCC1. The van der Waals surface area contributed by atoms with Gasteiger partial charge in [-0.3, -0.25) is 9.69 Å². The Kier molecular flexibility index (Phi) is 6.09. The predicted octanol–water partition coefficient (Wildman–Crippen LogP) is 1.15. The third kappa shape index (κ3) is 5.23. The van der Waals surface area contributed by atoms with Crippen LogP contribution in [0.15, 0.2) is 24.3 Å². The quantitative estimate of drug-likeness (QED) is 0.856. The zero-order valence-electron chi connectivity index (χ0n) is 12.6. The van der Waals surface area contributed by atoms with Crippen molar-refractivity contribution < 1.29 is 18.3 Å². The molecule has 1 saturated heterocycles. The molecule has 1 aromatic rings. The van der Waals surface area contributed by atoms with Gasteiger partial charge in [-0.1, -0.05) is 12.1 Å². The van der Waals surface area contributed by atoms with Gasteiger partial charge in [-0.15, -0.1) is 0 Å². The molecule has 5 nitrogen and oxygen atoms in total. The number of carbonyl (C=O) groups excluding carboxylic acids is 1. The molecule has 0 aliphatic carbocycles. The number of rotatable bonds is 6. The fourth-order valence-electron chi connectivity index (χ4n) is 2.32. The number of nitrogens with zero attached hydrogens (tertiary/aromatic N) is 2. The van der Waals surface area contributed by atoms with Crippen LogP contribution in [-0.4, -0.2) is 62.1 Å². The van der Waals surface area contributed by atoms with Gasteiger partial charge >= 0.3 is 6.61 Å². The first-order chi connectivity index (χ1) is 10.5. The number of amides is 1. The van der Waals surface area contributed by atoms with Crippen molar-refractivity contribution in [3.8, 4) is 5.75 Å². The maximum Gasteiger partial charge on any atom is 0.387 e. The number of nitrogens with one attached hydrogen (secondary N) is 1. The Bertz CT molecular complexity index is 476. The number of hydrogen-bond acceptors (Lipinski definition) is 4. The lowest BCUT2D eigenvalue weighted by Crippen LogP contribution is -2.47. The fourth-order valence-corrected chi connectivity index (χ4v) is 2.32. The molecular weight excluding hydrogens is 292 g/mol. The summed E-state index contributed by atoms with van der Waals surface area (Å²) >= 11 is 0. The van der Waals surface area contributed by atoms with Gasteiger partial charge in [0.25, 0.3) is 0 Å². The van der Waals surface area contributed by atoms with E-state index in [2.05, 4.69) is 15.0 Å². The largest absolute Gasteiger partial charge is 0.435 e. The molecule has 1 aliphatic rings. The van der Waals surface area contributed by atoms with Crippen molar-refractivity contribution in [1.82, 2.24) is 15.1 Å². The van der Waals surface area contributed by atoms with Crippen LogP contribution in [0.1, 0.15) is 5.56 Å². The number of alkyl halides is 2. The molecule has 0 atom stereocenters. The summed E-state index contributed by atoms with van der Waals surface area (Å²) in [5, 5.41) is 3.24. The summed E-state index contributed by atoms with van der Waals surface area (Å²) in [6, 6.07) is 6.34. The van der Waals surface area contributed by atoms with Crippen molar-refractivity contribution in [1.29, 1.82) is 0 Å². The molecule has 1 amide bonds. The molecule has 0 saturated carbocycles. The van der Waals surface area contributed by atoms with Gasteiger partial charge in [-0.2, -0.15) is 8.78 Å². The van der Waals surface area contributed by atoms with Crippen LogP contribution in [0.25, 0.3) is 0 Å². The Morgan fingerprint density at radius 1 is 1.32 bits per heavy atom. The van der Waals surface area contributed by atoms with Crippen molar-refractivity contribution in [3.05, 3.63) is 29.8 Å². The van der Waals surface area contributed by atoms with Crippen LogP contribution in [-0.2, 0) is 11.3 Å². The molecule has 1 aliphatic heterocycles. The van der Waals surface area contributed by atoms with E-state index in [9.17, 15) is 13.6 Å². The van der Waals surface area contributed by atoms with Crippen LogP contribution in [0.5, 0.6) is 5.75 Å². The minimum Gasteiger partial charge on any atom is -0.435 e. The van der Waals surface area contributed by atoms with Gasteiger partial charge in [0.2, 0.25) is 5.91 Å². The molecule has 1 fully saturated rings. The molecule has 0 spiro atoms. The molecule has 1 N–H and O–H groups in total. The molecule has 1 heterocycles. The second-order valence-corrected chi connectivity index (χ2v) is 5.30. The molecule has 122 valence electrons. The summed E-state index contributed by atoms with van der Waals surface area (Å²) in [4.78, 5) is 15.9. The lowest BCUT2D eigenvalue weighted by molar-refractivity contribution is -0.131. The van der Waals surface area contributed by atoms with Gasteiger partial charge in [0.05, 0.1) is 6.54 Å². The van der Waals surface area contributed by atoms with Crippen molar-refractivity contribution in [2.45, 2.75) is 13.2 Å². The third-order valence-electron chi connectivity index (χ3n) is 3.56. The van der Waals surface area contributed by atoms with Crippen LogP contribution >= 0.6 is 0 Å². The summed E-state index contributed by atoms with van der Waals surface area (Å²) in [5.74, 6) is 0.170. The predicted molar refractivity (Wildman–Crippen MR) is 78.9 cm³/mol. The van der Waals surface area contributed by atoms with E-state index in [1.165, 1.54) is 12.1 Å². The fraction of sp³-hybridized carbons (Fsp3) is 0.533. The van der Waals surface area contributed by atoms with Gasteiger partial charge in [0.1, 0.15) is 5.75 Å². The number of halogens is 2. The van der Waals surface area contributed by atoms with Gasteiger partial charge in [-0.25, -0.2) is 0 Å². The van der Waals surface area contributed by atoms with Crippen LogP contribution < -0.4 is 10.1 Å². The second kappa shape index (κ2) is 8.05. The number of hydrogen-bond donors (Lipinski definition) is 1. The molecular formula is C15H21F2N3O2. The third-order valence-corrected chi connectivity index (χ3v) is 3.56. The van der Waals surface area contributed by atoms with Gasteiger partial charge in [0, 0.05) is 39.8 Å². The molecule has 0 bridgehead atoms. The summed E-state index contributed by atoms with van der Waals surface area (Å²) in [7, 11) is 1.74. The minimum absolute atomic E-state index is 0.0507. The monoisotopic (exact) mass is 313 g/mol. The lowest BCUT2D eigenvalue weighted by Gasteiger charge is -2.28. The molecule has 0 aromatic heterocycles. The highest BCUT2D eigenvalue weighted by Gasteiger charge is 2.16. The number of carbonyl (C=O) groups is 1. The Morgan fingerprint density at radius 2 is 1.95 bits per heavy atom. The highest BCUT2D eigenvalue weighted by atomic mass is 19.3. The van der Waals surface area contributed by atoms with E-state index in [1.54, 1.807) is 24.1 Å². The van der Waals surface area contributed by atoms with Gasteiger partial charge in [-0.05, 0) is 17.7 Å². The average molecular weight is 313 g/mol. The van der Waals surface area contributed by atoms with E-state index < -0.39 is 6.61 Å². The maximum absolute atomic E-state index is 12.2. The molecule has 0 unspecified atom stereocenters. The minimum atomic E-state index is -2.82. The molecule has 7 heteroatoms. The number of piperazine rings is 1. The summed E-state index contributed by atoms with van der Waals surface area (Å²) in [6.45, 7) is 1.59. The highest BCUT2D eigenvalue weighted by Crippen LogP contribution is 2.15. The van der Waals surface area contributed by atoms with E-state index in [1.807, 2.05) is 0 Å². The molecule has 22 heavy (non-hydrogen) atoms. The highest BCUT2D eigenvalue weighted by molar-refractivity contribution is 5.78. The normalized spacial score (nSPS) is 15.8. The Hall–Kier alpha value is -1.73. The van der Waals surface area contributed by atoms with Gasteiger partial charge < -0.3 is 15.0 Å². The first-order valence-corrected chi connectivity index (χ1v) is 7.25. The first kappa shape index (κ1) is 16.6. The van der Waals surface area contributed by atoms with Crippen LogP contribution in [0.4, 0.5) is 8.78 Å². The Balaban J connectivity index is 1.82. The zero-order chi connectivity index (χ0) is 15.9. The molecule has 1 aromatic carbocycles. The molecule has 0 radical (unpaired) electrons. The second-order valence-electron chi connectivity index (χ2n) is 5.30. The van der Waals surface area contributed by atoms with E-state index in [4.69, 9.17) is 0 Å². The van der Waals surface area contributed by atoms with E-state index >= 15 is 0 Å². The van der Waals surface area contributed by atoms with Crippen molar-refractivity contribution in [3.63, 3.8) is 0 Å². The number of benzene rings is 1. The number of likely N-dealkylation sites (N-methyl/N-ethyl adjacent to an activating group) is 1. The van der Waals surface area contributed by atoms with Crippen molar-refractivity contribution in [2.75, 3.05) is 39.8 Å². The summed E-state index contributed by atoms with van der Waals surface area (Å²) < 4.78 is 28.4. The van der Waals surface area contributed by atoms with Crippen LogP contribution in [0.3, 0.4) is 0 Å².